The van der Waals surface area contributed by atoms with Crippen molar-refractivity contribution in [1.29, 1.82) is 5.26 Å². The summed E-state index contributed by atoms with van der Waals surface area (Å²) in [5, 5.41) is 15.9. The van der Waals surface area contributed by atoms with Gasteiger partial charge in [-0.2, -0.15) is 5.26 Å². The van der Waals surface area contributed by atoms with Crippen LogP contribution in [0.4, 0.5) is 11.6 Å². The molecule has 0 atom stereocenters. The molecule has 0 bridgehead atoms. The molecular weight excluding hydrogens is 420 g/mol. The van der Waals surface area contributed by atoms with Crippen LogP contribution in [0, 0.1) is 11.3 Å². The Morgan fingerprint density at radius 3 is 2.69 bits per heavy atom. The Hall–Kier alpha value is -2.98. The van der Waals surface area contributed by atoms with Crippen molar-refractivity contribution in [2.45, 2.75) is 25.3 Å². The molecule has 0 radical (unpaired) electrons. The van der Waals surface area contributed by atoms with Crippen molar-refractivity contribution >= 4 is 24.0 Å². The minimum Gasteiger partial charge on any atom is -0.325 e. The molecule has 3 heterocycles. The molecule has 32 heavy (non-hydrogen) atoms. The molecule has 1 aliphatic heterocycles. The topological polar surface area (TPSA) is 76.9 Å². The first-order valence-corrected chi connectivity index (χ1v) is 10.9. The molecule has 0 spiro atoms. The number of nitrogens with zero attached hydrogens (tertiary/aromatic N) is 4. The van der Waals surface area contributed by atoms with Crippen LogP contribution in [0.15, 0.2) is 54.7 Å². The second-order valence-electron chi connectivity index (χ2n) is 8.34. The van der Waals surface area contributed by atoms with Gasteiger partial charge in [-0.05, 0) is 60.2 Å². The average molecular weight is 447 g/mol. The number of piperazine rings is 1. The number of hydrogen-bond acceptors (Lipinski definition) is 6. The van der Waals surface area contributed by atoms with Crippen molar-refractivity contribution < 1.29 is 0 Å². The fourth-order valence-corrected chi connectivity index (χ4v) is 4.07. The van der Waals surface area contributed by atoms with Gasteiger partial charge in [0.15, 0.2) is 0 Å². The summed E-state index contributed by atoms with van der Waals surface area (Å²) >= 11 is 0. The van der Waals surface area contributed by atoms with E-state index in [0.29, 0.717) is 17.3 Å². The molecule has 2 aromatic heterocycles. The number of pyridine rings is 2. The third-order valence-electron chi connectivity index (χ3n) is 5.88. The van der Waals surface area contributed by atoms with Gasteiger partial charge in [0.25, 0.3) is 0 Å². The zero-order valence-corrected chi connectivity index (χ0v) is 18.7. The predicted octanol–water partition coefficient (Wildman–Crippen LogP) is 4.46. The monoisotopic (exact) mass is 446 g/mol. The fraction of sp³-hybridized carbons (Fsp3) is 0.320. The minimum atomic E-state index is 0. The second kappa shape index (κ2) is 10.1. The molecule has 1 aromatic carbocycles. The fourth-order valence-electron chi connectivity index (χ4n) is 4.07. The molecule has 1 saturated heterocycles. The maximum Gasteiger partial charge on any atom is 0.132 e. The third-order valence-corrected chi connectivity index (χ3v) is 5.88. The molecule has 2 fully saturated rings. The number of halogens is 1. The average Bonchev–Trinajstić information content (AvgIpc) is 3.66. The van der Waals surface area contributed by atoms with Crippen LogP contribution >= 0.6 is 12.4 Å². The Bertz CT molecular complexity index is 1120. The van der Waals surface area contributed by atoms with Gasteiger partial charge in [-0.15, -0.1) is 12.4 Å². The molecule has 164 valence electrons. The van der Waals surface area contributed by atoms with E-state index in [4.69, 9.17) is 10.2 Å². The number of aromatic nitrogens is 2. The summed E-state index contributed by atoms with van der Waals surface area (Å²) in [5.41, 5.74) is 5.33. The van der Waals surface area contributed by atoms with E-state index in [0.717, 1.165) is 49.8 Å². The van der Waals surface area contributed by atoms with E-state index >= 15 is 0 Å². The van der Waals surface area contributed by atoms with Gasteiger partial charge in [-0.1, -0.05) is 18.2 Å². The SMILES string of the molecule is Cl.N#Cc1ccnc(Nc2cc(C3CC3)cc(-c3cccc(CN4CCNCC4)c3)n2)c1. The number of hydrogen-bond donors (Lipinski definition) is 2. The van der Waals surface area contributed by atoms with Crippen LogP contribution in [-0.2, 0) is 6.54 Å². The first-order chi connectivity index (χ1) is 15.3. The summed E-state index contributed by atoms with van der Waals surface area (Å²) in [6.45, 7) is 5.25. The van der Waals surface area contributed by atoms with E-state index in [-0.39, 0.29) is 12.4 Å². The summed E-state index contributed by atoms with van der Waals surface area (Å²) in [6.07, 6.45) is 4.11. The number of rotatable bonds is 6. The molecule has 2 aliphatic rings. The van der Waals surface area contributed by atoms with Crippen LogP contribution in [0.3, 0.4) is 0 Å². The maximum absolute atomic E-state index is 9.16. The number of nitriles is 1. The van der Waals surface area contributed by atoms with E-state index in [1.165, 1.54) is 24.0 Å². The third kappa shape index (κ3) is 5.43. The van der Waals surface area contributed by atoms with Crippen molar-refractivity contribution in [3.63, 3.8) is 0 Å². The highest BCUT2D eigenvalue weighted by Gasteiger charge is 2.25. The second-order valence-corrected chi connectivity index (χ2v) is 8.34. The maximum atomic E-state index is 9.16. The Balaban J connectivity index is 0.00000245. The molecule has 3 aromatic rings. The molecule has 0 unspecified atom stereocenters. The van der Waals surface area contributed by atoms with Gasteiger partial charge in [0.1, 0.15) is 11.6 Å². The molecular formula is C25H27ClN6. The smallest absolute Gasteiger partial charge is 0.132 e. The lowest BCUT2D eigenvalue weighted by atomic mass is 10.0. The minimum absolute atomic E-state index is 0. The summed E-state index contributed by atoms with van der Waals surface area (Å²) in [4.78, 5) is 11.7. The van der Waals surface area contributed by atoms with E-state index in [1.807, 2.05) is 0 Å². The van der Waals surface area contributed by atoms with E-state index in [2.05, 4.69) is 63.0 Å². The first-order valence-electron chi connectivity index (χ1n) is 10.9. The molecule has 6 nitrogen and oxygen atoms in total. The Morgan fingerprint density at radius 1 is 1.06 bits per heavy atom. The number of anilines is 2. The van der Waals surface area contributed by atoms with Gasteiger partial charge in [0.05, 0.1) is 17.3 Å². The van der Waals surface area contributed by atoms with Crippen molar-refractivity contribution in [2.75, 3.05) is 31.5 Å². The Morgan fingerprint density at radius 2 is 1.91 bits per heavy atom. The summed E-state index contributed by atoms with van der Waals surface area (Å²) < 4.78 is 0. The van der Waals surface area contributed by atoms with E-state index in [1.54, 1.807) is 18.3 Å². The van der Waals surface area contributed by atoms with Gasteiger partial charge < -0.3 is 10.6 Å². The standard InChI is InChI=1S/C25H26N6.ClH/c26-16-18-6-7-28-24(13-18)30-25-15-22(20-4-5-20)14-23(29-25)21-3-1-2-19(12-21)17-31-10-8-27-9-11-31;/h1-3,6-7,12-15,20,27H,4-5,8-11,17H2,(H,28,29,30);1H. The van der Waals surface area contributed by atoms with Crippen molar-refractivity contribution in [2.24, 2.45) is 0 Å². The van der Waals surface area contributed by atoms with Crippen molar-refractivity contribution in [3.05, 3.63) is 71.4 Å². The lowest BCUT2D eigenvalue weighted by Crippen LogP contribution is -2.42. The van der Waals surface area contributed by atoms with Crippen LogP contribution in [-0.4, -0.2) is 41.0 Å². The van der Waals surface area contributed by atoms with Crippen LogP contribution in [0.2, 0.25) is 0 Å². The van der Waals surface area contributed by atoms with Crippen molar-refractivity contribution in [1.82, 2.24) is 20.2 Å². The first kappa shape index (κ1) is 22.2. The molecule has 7 heteroatoms. The van der Waals surface area contributed by atoms with Crippen LogP contribution in [0.5, 0.6) is 0 Å². The normalized spacial score (nSPS) is 16.1. The molecule has 0 amide bonds. The highest BCUT2D eigenvalue weighted by atomic mass is 35.5. The van der Waals surface area contributed by atoms with Gasteiger partial charge in [-0.25, -0.2) is 9.97 Å². The lowest BCUT2D eigenvalue weighted by Gasteiger charge is -2.27. The quantitative estimate of drug-likeness (QED) is 0.582. The molecule has 1 aliphatic carbocycles. The Labute approximate surface area is 195 Å². The summed E-state index contributed by atoms with van der Waals surface area (Å²) in [6, 6.07) is 18.7. The largest absolute Gasteiger partial charge is 0.325 e. The van der Waals surface area contributed by atoms with Crippen LogP contribution < -0.4 is 10.6 Å². The number of benzene rings is 1. The molecule has 5 rings (SSSR count). The van der Waals surface area contributed by atoms with Gasteiger partial charge in [0, 0.05) is 44.5 Å². The highest BCUT2D eigenvalue weighted by molar-refractivity contribution is 5.85. The molecule has 1 saturated carbocycles. The van der Waals surface area contributed by atoms with Crippen LogP contribution in [0.25, 0.3) is 11.3 Å². The molecule has 2 N–H and O–H groups in total. The zero-order chi connectivity index (χ0) is 21.0. The predicted molar refractivity (Wildman–Crippen MR) is 129 cm³/mol. The summed E-state index contributed by atoms with van der Waals surface area (Å²) in [5.74, 6) is 2.03. The number of nitrogens with one attached hydrogen (secondary N) is 2. The van der Waals surface area contributed by atoms with Gasteiger partial charge in [-0.3, -0.25) is 4.90 Å². The van der Waals surface area contributed by atoms with Crippen molar-refractivity contribution in [3.8, 4) is 17.3 Å². The van der Waals surface area contributed by atoms with Gasteiger partial charge in [0.2, 0.25) is 0 Å². The van der Waals surface area contributed by atoms with E-state index in [9.17, 15) is 0 Å². The Kier molecular flexibility index (Phi) is 7.01. The highest BCUT2D eigenvalue weighted by Crippen LogP contribution is 2.42. The summed E-state index contributed by atoms with van der Waals surface area (Å²) in [7, 11) is 0. The van der Waals surface area contributed by atoms with Crippen LogP contribution in [0.1, 0.15) is 35.4 Å². The zero-order valence-electron chi connectivity index (χ0n) is 17.9. The van der Waals surface area contributed by atoms with E-state index < -0.39 is 0 Å². The van der Waals surface area contributed by atoms with Gasteiger partial charge >= 0.3 is 0 Å². The lowest BCUT2D eigenvalue weighted by molar-refractivity contribution is 0.233.